The predicted molar refractivity (Wildman–Crippen MR) is 40.0 cm³/mol. The lowest BCUT2D eigenvalue weighted by Gasteiger charge is -1.95. The van der Waals surface area contributed by atoms with Crippen LogP contribution in [-0.4, -0.2) is 4.98 Å². The third-order valence-electron chi connectivity index (χ3n) is 1.05. The monoisotopic (exact) mass is 158 g/mol. The number of nitrogens with zero attached hydrogens (tertiary/aromatic N) is 1. The van der Waals surface area contributed by atoms with Crippen LogP contribution < -0.4 is 4.72 Å². The topological polar surface area (TPSA) is 24.9 Å². The van der Waals surface area contributed by atoms with E-state index in [-0.39, 0.29) is 5.82 Å². The van der Waals surface area contributed by atoms with Gasteiger partial charge in [-0.1, -0.05) is 12.8 Å². The highest BCUT2D eigenvalue weighted by molar-refractivity contribution is 7.78. The molecule has 0 aliphatic rings. The zero-order valence-corrected chi connectivity index (χ0v) is 6.11. The van der Waals surface area contributed by atoms with Gasteiger partial charge in [0, 0.05) is 6.54 Å². The first-order chi connectivity index (χ1) is 4.83. The molecule has 0 amide bonds. The molecule has 1 heterocycles. The van der Waals surface area contributed by atoms with Gasteiger partial charge in [0.2, 0.25) is 0 Å². The summed E-state index contributed by atoms with van der Waals surface area (Å²) in [6.45, 7) is 0.545. The Kier molecular flexibility index (Phi) is 2.65. The Morgan fingerprint density at radius 2 is 2.40 bits per heavy atom. The molecular weight excluding hydrogens is 151 g/mol. The number of thiol groups is 1. The van der Waals surface area contributed by atoms with Crippen molar-refractivity contribution in [2.45, 2.75) is 6.54 Å². The number of aromatic nitrogens is 1. The van der Waals surface area contributed by atoms with E-state index in [2.05, 4.69) is 22.5 Å². The van der Waals surface area contributed by atoms with Crippen LogP contribution in [0.1, 0.15) is 5.69 Å². The molecule has 10 heavy (non-hydrogen) atoms. The van der Waals surface area contributed by atoms with E-state index in [9.17, 15) is 4.39 Å². The van der Waals surface area contributed by atoms with Gasteiger partial charge in [-0.25, -0.2) is 4.39 Å². The zero-order valence-electron chi connectivity index (χ0n) is 5.21. The normalized spacial score (nSPS) is 9.80. The molecule has 0 bridgehead atoms. The van der Waals surface area contributed by atoms with Crippen LogP contribution in [0.15, 0.2) is 18.3 Å². The van der Waals surface area contributed by atoms with E-state index in [1.807, 2.05) is 0 Å². The molecule has 1 rings (SSSR count). The minimum absolute atomic E-state index is 0.317. The summed E-state index contributed by atoms with van der Waals surface area (Å²) in [7, 11) is 0. The van der Waals surface area contributed by atoms with Crippen LogP contribution >= 0.6 is 12.8 Å². The van der Waals surface area contributed by atoms with Crippen LogP contribution in [0.3, 0.4) is 0 Å². The summed E-state index contributed by atoms with van der Waals surface area (Å²) < 4.78 is 14.8. The fourth-order valence-corrected chi connectivity index (χ4v) is 0.754. The van der Waals surface area contributed by atoms with E-state index in [1.165, 1.54) is 12.3 Å². The first-order valence-electron chi connectivity index (χ1n) is 2.80. The summed E-state index contributed by atoms with van der Waals surface area (Å²) >= 11 is 3.77. The van der Waals surface area contributed by atoms with Gasteiger partial charge in [0.15, 0.2) is 0 Å². The maximum absolute atomic E-state index is 12.2. The van der Waals surface area contributed by atoms with E-state index >= 15 is 0 Å². The van der Waals surface area contributed by atoms with Gasteiger partial charge < -0.3 is 0 Å². The Morgan fingerprint density at radius 1 is 1.60 bits per heavy atom. The van der Waals surface area contributed by atoms with E-state index in [4.69, 9.17) is 0 Å². The van der Waals surface area contributed by atoms with Crippen molar-refractivity contribution in [3.05, 3.63) is 29.8 Å². The van der Waals surface area contributed by atoms with Gasteiger partial charge in [-0.15, -0.1) is 0 Å². The van der Waals surface area contributed by atoms with Crippen LogP contribution in [0.4, 0.5) is 4.39 Å². The quantitative estimate of drug-likeness (QED) is 0.631. The van der Waals surface area contributed by atoms with Crippen molar-refractivity contribution in [2.75, 3.05) is 0 Å². The van der Waals surface area contributed by atoms with Gasteiger partial charge in [0.25, 0.3) is 0 Å². The Labute approximate surface area is 64.0 Å². The van der Waals surface area contributed by atoms with Gasteiger partial charge in [-0.2, -0.15) is 0 Å². The first kappa shape index (κ1) is 7.50. The highest BCUT2D eigenvalue weighted by atomic mass is 32.1. The maximum Gasteiger partial charge on any atom is 0.141 e. The highest BCUT2D eigenvalue weighted by Gasteiger charge is 1.91. The molecule has 1 aromatic rings. The van der Waals surface area contributed by atoms with Gasteiger partial charge in [0.05, 0.1) is 11.9 Å². The van der Waals surface area contributed by atoms with Crippen molar-refractivity contribution < 1.29 is 4.39 Å². The average Bonchev–Trinajstić information content (AvgIpc) is 1.95. The molecule has 2 nitrogen and oxygen atoms in total. The van der Waals surface area contributed by atoms with Crippen molar-refractivity contribution in [2.24, 2.45) is 0 Å². The molecule has 0 atom stereocenters. The Morgan fingerprint density at radius 3 is 2.90 bits per heavy atom. The smallest absolute Gasteiger partial charge is 0.141 e. The molecule has 0 aromatic carbocycles. The number of halogens is 1. The van der Waals surface area contributed by atoms with E-state index in [0.717, 1.165) is 5.69 Å². The Balaban J connectivity index is 2.69. The fourth-order valence-electron chi connectivity index (χ4n) is 0.592. The lowest BCUT2D eigenvalue weighted by molar-refractivity contribution is 0.619. The van der Waals surface area contributed by atoms with E-state index < -0.39 is 0 Å². The molecule has 0 saturated heterocycles. The van der Waals surface area contributed by atoms with Gasteiger partial charge in [-0.3, -0.25) is 9.71 Å². The third kappa shape index (κ3) is 1.97. The molecule has 0 aliphatic carbocycles. The van der Waals surface area contributed by atoms with Crippen LogP contribution in [0.2, 0.25) is 0 Å². The van der Waals surface area contributed by atoms with Gasteiger partial charge in [0.1, 0.15) is 5.82 Å². The summed E-state index contributed by atoms with van der Waals surface area (Å²) in [5.74, 6) is -0.317. The summed E-state index contributed by atoms with van der Waals surface area (Å²) in [5, 5.41) is 0. The lowest BCUT2D eigenvalue weighted by atomic mass is 10.3. The summed E-state index contributed by atoms with van der Waals surface area (Å²) in [6, 6.07) is 2.98. The van der Waals surface area contributed by atoms with Crippen LogP contribution in [0.5, 0.6) is 0 Å². The van der Waals surface area contributed by atoms with E-state index in [0.29, 0.717) is 6.54 Å². The van der Waals surface area contributed by atoms with Crippen molar-refractivity contribution in [1.82, 2.24) is 9.71 Å². The molecule has 0 unspecified atom stereocenters. The average molecular weight is 158 g/mol. The first-order valence-corrected chi connectivity index (χ1v) is 3.25. The number of hydrogen-bond donors (Lipinski definition) is 2. The second kappa shape index (κ2) is 3.53. The number of rotatable bonds is 2. The van der Waals surface area contributed by atoms with Crippen LogP contribution in [0, 0.1) is 5.82 Å². The molecule has 1 aromatic heterocycles. The standard InChI is InChI=1S/C6H7FN2S/c7-5-1-2-6(4-9-10)8-3-5/h1-3,9-10H,4H2. The van der Waals surface area contributed by atoms with Crippen molar-refractivity contribution >= 4 is 12.8 Å². The predicted octanol–water partition coefficient (Wildman–Crippen LogP) is 1.16. The molecule has 0 fully saturated rings. The van der Waals surface area contributed by atoms with Crippen molar-refractivity contribution in [1.29, 1.82) is 0 Å². The molecule has 0 saturated carbocycles. The second-order valence-electron chi connectivity index (χ2n) is 1.80. The fraction of sp³-hybridized carbons (Fsp3) is 0.167. The second-order valence-corrected chi connectivity index (χ2v) is 2.12. The number of pyridine rings is 1. The Bertz CT molecular complexity index is 199. The van der Waals surface area contributed by atoms with Crippen LogP contribution in [0.25, 0.3) is 0 Å². The molecular formula is C6H7FN2S. The third-order valence-corrected chi connectivity index (χ3v) is 1.21. The molecule has 0 spiro atoms. The summed E-state index contributed by atoms with van der Waals surface area (Å²) in [4.78, 5) is 3.78. The maximum atomic E-state index is 12.2. The largest absolute Gasteiger partial charge is 0.261 e. The number of nitrogens with one attached hydrogen (secondary N) is 1. The molecule has 1 N–H and O–H groups in total. The highest BCUT2D eigenvalue weighted by Crippen LogP contribution is 1.97. The minimum Gasteiger partial charge on any atom is -0.261 e. The van der Waals surface area contributed by atoms with Crippen molar-refractivity contribution in [3.63, 3.8) is 0 Å². The summed E-state index contributed by atoms with van der Waals surface area (Å²) in [6.07, 6.45) is 1.18. The van der Waals surface area contributed by atoms with Gasteiger partial charge in [-0.05, 0) is 12.1 Å². The molecule has 0 aliphatic heterocycles. The SMILES string of the molecule is Fc1ccc(CNS)nc1. The molecule has 0 radical (unpaired) electrons. The van der Waals surface area contributed by atoms with Crippen LogP contribution in [-0.2, 0) is 6.54 Å². The van der Waals surface area contributed by atoms with Gasteiger partial charge >= 0.3 is 0 Å². The minimum atomic E-state index is -0.317. The summed E-state index contributed by atoms with van der Waals surface area (Å²) in [5.41, 5.74) is 0.774. The number of hydrogen-bond acceptors (Lipinski definition) is 3. The van der Waals surface area contributed by atoms with E-state index in [1.54, 1.807) is 6.07 Å². The molecule has 54 valence electrons. The lowest BCUT2D eigenvalue weighted by Crippen LogP contribution is -2.00. The molecule has 4 heteroatoms. The Hall–Kier alpha value is -0.610. The van der Waals surface area contributed by atoms with Crippen molar-refractivity contribution in [3.8, 4) is 0 Å². The zero-order chi connectivity index (χ0) is 7.40.